The van der Waals surface area contributed by atoms with Crippen LogP contribution in [-0.4, -0.2) is 24.0 Å². The Morgan fingerprint density at radius 3 is 2.57 bits per heavy atom. The molecule has 0 aromatic carbocycles. The van der Waals surface area contributed by atoms with Crippen LogP contribution in [0.15, 0.2) is 0 Å². The summed E-state index contributed by atoms with van der Waals surface area (Å²) in [6, 6.07) is 0. The molecule has 0 heterocycles. The number of alkyl carbamates (subject to hydrolysis) is 1. The lowest BCUT2D eigenvalue weighted by Gasteiger charge is -2.25. The van der Waals surface area contributed by atoms with Gasteiger partial charge in [0.05, 0.1) is 0 Å². The Kier molecular flexibility index (Phi) is 3.13. The first-order chi connectivity index (χ1) is 6.38. The molecular weight excluding hydrogens is 182 g/mol. The molecular formula is C10H17NO3. The highest BCUT2D eigenvalue weighted by Crippen LogP contribution is 2.21. The standard InChI is InChI=1S/C10H17NO3/c1-10(2,3)14-9(13)11-6-7-4-5-8(7)12/h7H,4-6H2,1-3H3,(H,11,13). The summed E-state index contributed by atoms with van der Waals surface area (Å²) in [6.45, 7) is 5.83. The van der Waals surface area contributed by atoms with Gasteiger partial charge in [0.15, 0.2) is 0 Å². The predicted molar refractivity (Wildman–Crippen MR) is 52.0 cm³/mol. The summed E-state index contributed by atoms with van der Waals surface area (Å²) in [5.41, 5.74) is -0.478. The van der Waals surface area contributed by atoms with Gasteiger partial charge in [-0.25, -0.2) is 4.79 Å². The summed E-state index contributed by atoms with van der Waals surface area (Å²) < 4.78 is 5.03. The highest BCUT2D eigenvalue weighted by molar-refractivity contribution is 5.86. The lowest BCUT2D eigenvalue weighted by atomic mass is 9.84. The van der Waals surface area contributed by atoms with Gasteiger partial charge in [-0.2, -0.15) is 0 Å². The largest absolute Gasteiger partial charge is 0.444 e. The molecule has 1 unspecified atom stereocenters. The Bertz CT molecular complexity index is 242. The van der Waals surface area contributed by atoms with E-state index in [2.05, 4.69) is 5.32 Å². The van der Waals surface area contributed by atoms with Crippen molar-refractivity contribution in [2.24, 2.45) is 5.92 Å². The molecule has 0 aliphatic heterocycles. The summed E-state index contributed by atoms with van der Waals surface area (Å²) in [5.74, 6) is 0.253. The number of rotatable bonds is 2. The third-order valence-electron chi connectivity index (χ3n) is 2.09. The Balaban J connectivity index is 2.18. The second-order valence-electron chi connectivity index (χ2n) is 4.58. The van der Waals surface area contributed by atoms with Crippen molar-refractivity contribution in [3.63, 3.8) is 0 Å². The number of hydrogen-bond acceptors (Lipinski definition) is 3. The quantitative estimate of drug-likeness (QED) is 0.733. The van der Waals surface area contributed by atoms with Crippen LogP contribution in [0.1, 0.15) is 33.6 Å². The molecule has 1 atom stereocenters. The van der Waals surface area contributed by atoms with Crippen LogP contribution in [0.3, 0.4) is 0 Å². The number of ketones is 1. The molecule has 0 saturated heterocycles. The lowest BCUT2D eigenvalue weighted by molar-refractivity contribution is -0.128. The summed E-state index contributed by atoms with van der Waals surface area (Å²) >= 11 is 0. The molecule has 0 aromatic heterocycles. The minimum Gasteiger partial charge on any atom is -0.444 e. The van der Waals surface area contributed by atoms with E-state index in [1.807, 2.05) is 0 Å². The van der Waals surface area contributed by atoms with Gasteiger partial charge >= 0.3 is 6.09 Å². The summed E-state index contributed by atoms with van der Waals surface area (Å²) in [6.07, 6.45) is 1.09. The topological polar surface area (TPSA) is 55.4 Å². The molecule has 1 fully saturated rings. The predicted octanol–water partition coefficient (Wildman–Crippen LogP) is 1.49. The molecule has 1 aliphatic rings. The molecule has 80 valence electrons. The number of nitrogens with one attached hydrogen (secondary N) is 1. The number of ether oxygens (including phenoxy) is 1. The minimum absolute atomic E-state index is 0.0162. The van der Waals surface area contributed by atoms with E-state index in [0.29, 0.717) is 13.0 Å². The van der Waals surface area contributed by atoms with Crippen molar-refractivity contribution < 1.29 is 14.3 Å². The van der Waals surface area contributed by atoms with Gasteiger partial charge in [-0.3, -0.25) is 4.79 Å². The first kappa shape index (κ1) is 11.0. The third-order valence-corrected chi connectivity index (χ3v) is 2.09. The fourth-order valence-corrected chi connectivity index (χ4v) is 1.20. The van der Waals surface area contributed by atoms with Gasteiger partial charge in [0.1, 0.15) is 11.4 Å². The van der Waals surface area contributed by atoms with Crippen LogP contribution in [0.2, 0.25) is 0 Å². The molecule has 0 bridgehead atoms. The molecule has 1 aliphatic carbocycles. The fraction of sp³-hybridized carbons (Fsp3) is 0.800. The zero-order valence-corrected chi connectivity index (χ0v) is 8.92. The Morgan fingerprint density at radius 2 is 2.21 bits per heavy atom. The number of amides is 1. The summed E-state index contributed by atoms with van der Waals surface area (Å²) in [5, 5.41) is 2.59. The molecule has 0 radical (unpaired) electrons. The number of carbonyl (C=O) groups excluding carboxylic acids is 2. The van der Waals surface area contributed by atoms with Crippen LogP contribution in [0.25, 0.3) is 0 Å². The van der Waals surface area contributed by atoms with Crippen LogP contribution < -0.4 is 5.32 Å². The molecule has 14 heavy (non-hydrogen) atoms. The van der Waals surface area contributed by atoms with Gasteiger partial charge in [-0.1, -0.05) is 0 Å². The maximum Gasteiger partial charge on any atom is 0.407 e. The average molecular weight is 199 g/mol. The monoisotopic (exact) mass is 199 g/mol. The fourth-order valence-electron chi connectivity index (χ4n) is 1.20. The molecule has 1 amide bonds. The van der Waals surface area contributed by atoms with E-state index in [-0.39, 0.29) is 11.7 Å². The minimum atomic E-state index is -0.478. The van der Waals surface area contributed by atoms with Gasteiger partial charge in [-0.05, 0) is 27.2 Å². The van der Waals surface area contributed by atoms with Crippen LogP contribution in [-0.2, 0) is 9.53 Å². The van der Waals surface area contributed by atoms with Crippen molar-refractivity contribution in [1.82, 2.24) is 5.32 Å². The van der Waals surface area contributed by atoms with E-state index < -0.39 is 11.7 Å². The highest BCUT2D eigenvalue weighted by atomic mass is 16.6. The Labute approximate surface area is 84.0 Å². The smallest absolute Gasteiger partial charge is 0.407 e. The zero-order chi connectivity index (χ0) is 10.8. The second-order valence-corrected chi connectivity index (χ2v) is 4.58. The van der Waals surface area contributed by atoms with Crippen LogP contribution >= 0.6 is 0 Å². The van der Waals surface area contributed by atoms with Crippen LogP contribution in [0, 0.1) is 5.92 Å². The van der Waals surface area contributed by atoms with Gasteiger partial charge in [0.25, 0.3) is 0 Å². The van der Waals surface area contributed by atoms with Crippen molar-refractivity contribution in [3.05, 3.63) is 0 Å². The summed E-state index contributed by atoms with van der Waals surface area (Å²) in [4.78, 5) is 22.1. The van der Waals surface area contributed by atoms with E-state index in [1.54, 1.807) is 20.8 Å². The van der Waals surface area contributed by atoms with E-state index in [0.717, 1.165) is 6.42 Å². The van der Waals surface area contributed by atoms with Gasteiger partial charge in [0.2, 0.25) is 0 Å². The van der Waals surface area contributed by atoms with E-state index in [4.69, 9.17) is 4.74 Å². The van der Waals surface area contributed by atoms with Crippen molar-refractivity contribution in [2.45, 2.75) is 39.2 Å². The maximum absolute atomic E-state index is 11.2. The van der Waals surface area contributed by atoms with E-state index >= 15 is 0 Å². The molecule has 0 spiro atoms. The first-order valence-corrected chi connectivity index (χ1v) is 4.88. The van der Waals surface area contributed by atoms with Gasteiger partial charge in [0, 0.05) is 18.9 Å². The maximum atomic E-state index is 11.2. The second kappa shape index (κ2) is 3.98. The normalized spacial score (nSPS) is 21.4. The first-order valence-electron chi connectivity index (χ1n) is 4.88. The van der Waals surface area contributed by atoms with Gasteiger partial charge < -0.3 is 10.1 Å². The molecule has 1 N–H and O–H groups in total. The van der Waals surface area contributed by atoms with Crippen molar-refractivity contribution in [2.75, 3.05) is 6.54 Å². The molecule has 4 nitrogen and oxygen atoms in total. The highest BCUT2D eigenvalue weighted by Gasteiger charge is 2.28. The van der Waals surface area contributed by atoms with E-state index in [1.165, 1.54) is 0 Å². The number of hydrogen-bond donors (Lipinski definition) is 1. The lowest BCUT2D eigenvalue weighted by Crippen LogP contribution is -2.40. The SMILES string of the molecule is CC(C)(C)OC(=O)NCC1CCC1=O. The zero-order valence-electron chi connectivity index (χ0n) is 8.92. The van der Waals surface area contributed by atoms with Crippen molar-refractivity contribution in [1.29, 1.82) is 0 Å². The Morgan fingerprint density at radius 1 is 1.57 bits per heavy atom. The number of carbonyl (C=O) groups is 2. The molecule has 0 aromatic rings. The third kappa shape index (κ3) is 3.36. The Hall–Kier alpha value is -1.06. The number of Topliss-reactive ketones (excluding diaryl/α,β-unsaturated/α-hetero) is 1. The van der Waals surface area contributed by atoms with Crippen molar-refractivity contribution in [3.8, 4) is 0 Å². The van der Waals surface area contributed by atoms with Gasteiger partial charge in [-0.15, -0.1) is 0 Å². The van der Waals surface area contributed by atoms with Crippen LogP contribution in [0.5, 0.6) is 0 Å². The summed E-state index contributed by atoms with van der Waals surface area (Å²) in [7, 11) is 0. The van der Waals surface area contributed by atoms with E-state index in [9.17, 15) is 9.59 Å². The van der Waals surface area contributed by atoms with Crippen LogP contribution in [0.4, 0.5) is 4.79 Å². The van der Waals surface area contributed by atoms with Crippen molar-refractivity contribution >= 4 is 11.9 Å². The molecule has 4 heteroatoms. The average Bonchev–Trinajstić information content (AvgIpc) is 1.98. The molecule has 1 saturated carbocycles. The molecule has 1 rings (SSSR count).